The number of thioether (sulfide) groups is 1. The van der Waals surface area contributed by atoms with Crippen LogP contribution in [-0.2, 0) is 0 Å². The van der Waals surface area contributed by atoms with Crippen molar-refractivity contribution in [2.45, 2.75) is 12.8 Å². The van der Waals surface area contributed by atoms with Gasteiger partial charge in [0, 0.05) is 0 Å². The predicted molar refractivity (Wildman–Crippen MR) is 39.8 cm³/mol. The zero-order valence-electron chi connectivity index (χ0n) is 5.63. The van der Waals surface area contributed by atoms with Crippen LogP contribution < -0.4 is 4.91 Å². The molecule has 3 nitrogen and oxygen atoms in total. The SMILES string of the molecule is CSCCCCN=[N+]=N. The van der Waals surface area contributed by atoms with Gasteiger partial charge in [0.25, 0.3) is 0 Å². The van der Waals surface area contributed by atoms with E-state index in [1.165, 1.54) is 12.2 Å². The molecule has 0 aromatic heterocycles. The van der Waals surface area contributed by atoms with Gasteiger partial charge in [-0.25, -0.2) is 0 Å². The van der Waals surface area contributed by atoms with Gasteiger partial charge in [0.2, 0.25) is 4.91 Å². The van der Waals surface area contributed by atoms with E-state index in [0.717, 1.165) is 6.42 Å². The molecule has 0 radical (unpaired) electrons. The summed E-state index contributed by atoms with van der Waals surface area (Å²) in [7, 11) is 0. The van der Waals surface area contributed by atoms with Crippen molar-refractivity contribution in [1.82, 2.24) is 4.91 Å². The zero-order chi connectivity index (χ0) is 6.95. The molecule has 0 aromatic carbocycles. The lowest BCUT2D eigenvalue weighted by Gasteiger charge is -1.88. The van der Waals surface area contributed by atoms with Gasteiger partial charge in [0.15, 0.2) is 0 Å². The molecule has 0 bridgehead atoms. The molecule has 0 spiro atoms. The maximum Gasteiger partial charge on any atom is 0.214 e. The van der Waals surface area contributed by atoms with E-state index >= 15 is 0 Å². The largest absolute Gasteiger partial charge is 0.214 e. The van der Waals surface area contributed by atoms with Gasteiger partial charge in [-0.15, -0.1) is 0 Å². The highest BCUT2D eigenvalue weighted by atomic mass is 32.2. The Hall–Kier alpha value is -0.340. The molecule has 4 heteroatoms. The fourth-order valence-electron chi connectivity index (χ4n) is 0.479. The average Bonchev–Trinajstić information content (AvgIpc) is 1.89. The molecule has 0 fully saturated rings. The maximum atomic E-state index is 6.34. The van der Waals surface area contributed by atoms with Crippen molar-refractivity contribution in [3.05, 3.63) is 0 Å². The summed E-state index contributed by atoms with van der Waals surface area (Å²) in [5.41, 5.74) is 6.34. The Labute approximate surface area is 59.5 Å². The van der Waals surface area contributed by atoms with Gasteiger partial charge >= 0.3 is 0 Å². The third-order valence-electron chi connectivity index (χ3n) is 0.927. The predicted octanol–water partition coefficient (Wildman–Crippen LogP) is 1.68. The topological polar surface area (TPSA) is 50.3 Å². The van der Waals surface area contributed by atoms with Crippen molar-refractivity contribution in [2.24, 2.45) is 5.11 Å². The minimum absolute atomic E-state index is 0.712. The molecule has 0 rings (SSSR count). The third-order valence-corrected chi connectivity index (χ3v) is 1.62. The standard InChI is InChI=1S/C5H12N3S/c1-9-5-3-2-4-7-8-6/h6H,2-5H2,1H3/q+1. The van der Waals surface area contributed by atoms with Crippen LogP contribution in [0.1, 0.15) is 12.8 Å². The van der Waals surface area contributed by atoms with E-state index in [1.54, 1.807) is 0 Å². The van der Waals surface area contributed by atoms with E-state index in [2.05, 4.69) is 16.3 Å². The molecule has 0 saturated carbocycles. The third kappa shape index (κ3) is 7.66. The first-order valence-electron chi connectivity index (χ1n) is 2.94. The molecule has 0 aliphatic rings. The van der Waals surface area contributed by atoms with Crippen LogP contribution in [0.5, 0.6) is 0 Å². The Morgan fingerprint density at radius 1 is 1.56 bits per heavy atom. The van der Waals surface area contributed by atoms with Crippen LogP contribution >= 0.6 is 11.8 Å². The summed E-state index contributed by atoms with van der Waals surface area (Å²) in [4.78, 5) is 2.90. The second-order valence-electron chi connectivity index (χ2n) is 1.66. The highest BCUT2D eigenvalue weighted by molar-refractivity contribution is 7.98. The summed E-state index contributed by atoms with van der Waals surface area (Å²) in [6.07, 6.45) is 4.33. The summed E-state index contributed by atoms with van der Waals surface area (Å²) in [5.74, 6) is 1.19. The van der Waals surface area contributed by atoms with Gasteiger partial charge in [-0.1, -0.05) is 0 Å². The van der Waals surface area contributed by atoms with Crippen molar-refractivity contribution in [3.63, 3.8) is 0 Å². The molecule has 0 amide bonds. The number of nitrogens with zero attached hydrogens (tertiary/aromatic N) is 2. The molecular formula is C5H12N3S+. The average molecular weight is 146 g/mol. The van der Waals surface area contributed by atoms with E-state index in [9.17, 15) is 0 Å². The molecule has 0 aliphatic carbocycles. The van der Waals surface area contributed by atoms with Crippen molar-refractivity contribution < 1.29 is 0 Å². The Morgan fingerprint density at radius 3 is 2.89 bits per heavy atom. The molecule has 9 heavy (non-hydrogen) atoms. The molecule has 0 unspecified atom stereocenters. The summed E-state index contributed by atoms with van der Waals surface area (Å²) in [5, 5.41) is 3.53. The van der Waals surface area contributed by atoms with Gasteiger partial charge < -0.3 is 0 Å². The normalized spacial score (nSPS) is 8.56. The molecule has 0 atom stereocenters. The van der Waals surface area contributed by atoms with E-state index in [4.69, 9.17) is 5.53 Å². The van der Waals surface area contributed by atoms with Crippen LogP contribution in [0.2, 0.25) is 0 Å². The fourth-order valence-corrected chi connectivity index (χ4v) is 0.972. The lowest BCUT2D eigenvalue weighted by atomic mass is 10.3. The Bertz CT molecular complexity index is 98.4. The molecule has 0 heterocycles. The van der Waals surface area contributed by atoms with Crippen LogP contribution in [0.15, 0.2) is 5.11 Å². The van der Waals surface area contributed by atoms with E-state index in [-0.39, 0.29) is 0 Å². The first-order chi connectivity index (χ1) is 4.41. The number of nitrogens with one attached hydrogen (secondary N) is 1. The van der Waals surface area contributed by atoms with E-state index < -0.39 is 0 Å². The smallest absolute Gasteiger partial charge is 0.165 e. The minimum Gasteiger partial charge on any atom is -0.165 e. The van der Waals surface area contributed by atoms with Crippen LogP contribution in [0.3, 0.4) is 0 Å². The first-order valence-corrected chi connectivity index (χ1v) is 4.33. The molecular weight excluding hydrogens is 134 g/mol. The van der Waals surface area contributed by atoms with Crippen molar-refractivity contribution in [1.29, 1.82) is 5.53 Å². The van der Waals surface area contributed by atoms with Crippen LogP contribution in [0, 0.1) is 5.53 Å². The summed E-state index contributed by atoms with van der Waals surface area (Å²) in [6.45, 7) is 0.712. The van der Waals surface area contributed by atoms with Crippen molar-refractivity contribution >= 4 is 11.8 Å². The lowest BCUT2D eigenvalue weighted by molar-refractivity contribution is 0.757. The number of hydrogen-bond acceptors (Lipinski definition) is 3. The van der Waals surface area contributed by atoms with Crippen LogP contribution in [0.25, 0.3) is 0 Å². The van der Waals surface area contributed by atoms with Crippen LogP contribution in [-0.4, -0.2) is 18.6 Å². The Kier molecular flexibility index (Phi) is 7.37. The Balaban J connectivity index is 2.82. The number of hydrogen-bond donors (Lipinski definition) is 1. The van der Waals surface area contributed by atoms with Crippen molar-refractivity contribution in [3.8, 4) is 0 Å². The van der Waals surface area contributed by atoms with E-state index in [0.29, 0.717) is 6.54 Å². The first kappa shape index (κ1) is 8.66. The van der Waals surface area contributed by atoms with Gasteiger partial charge in [-0.05, 0) is 24.9 Å². The monoisotopic (exact) mass is 146 g/mol. The molecule has 0 saturated heterocycles. The summed E-state index contributed by atoms with van der Waals surface area (Å²) < 4.78 is 0. The number of unbranched alkanes of at least 4 members (excludes halogenated alkanes) is 1. The molecule has 0 aliphatic heterocycles. The summed E-state index contributed by atoms with van der Waals surface area (Å²) >= 11 is 1.84. The lowest BCUT2D eigenvalue weighted by Crippen LogP contribution is -1.83. The van der Waals surface area contributed by atoms with Gasteiger partial charge in [-0.2, -0.15) is 11.8 Å². The Morgan fingerprint density at radius 2 is 2.33 bits per heavy atom. The van der Waals surface area contributed by atoms with Crippen LogP contribution in [0.4, 0.5) is 0 Å². The fraction of sp³-hybridized carbons (Fsp3) is 1.00. The minimum atomic E-state index is 0.712. The summed E-state index contributed by atoms with van der Waals surface area (Å²) in [6, 6.07) is 0. The molecule has 1 N–H and O–H groups in total. The zero-order valence-corrected chi connectivity index (χ0v) is 6.45. The van der Waals surface area contributed by atoms with Gasteiger partial charge in [-0.3, -0.25) is 0 Å². The number of rotatable bonds is 5. The second kappa shape index (κ2) is 7.66. The second-order valence-corrected chi connectivity index (χ2v) is 2.65. The highest BCUT2D eigenvalue weighted by Crippen LogP contribution is 1.98. The van der Waals surface area contributed by atoms with Crippen molar-refractivity contribution in [2.75, 3.05) is 18.6 Å². The van der Waals surface area contributed by atoms with Gasteiger partial charge in [0.05, 0.1) is 0 Å². The van der Waals surface area contributed by atoms with E-state index in [1.807, 2.05) is 11.8 Å². The highest BCUT2D eigenvalue weighted by Gasteiger charge is 1.87. The maximum absolute atomic E-state index is 6.34. The quantitative estimate of drug-likeness (QED) is 0.358. The molecule has 52 valence electrons. The van der Waals surface area contributed by atoms with Gasteiger partial charge in [0.1, 0.15) is 17.2 Å². The molecule has 0 aromatic rings.